The van der Waals surface area contributed by atoms with Gasteiger partial charge in [0.15, 0.2) is 0 Å². The first-order valence-corrected chi connectivity index (χ1v) is 1.21. The molecular formula is C3H7Zn-. The van der Waals surface area contributed by atoms with Crippen molar-refractivity contribution in [3.63, 3.8) is 0 Å². The van der Waals surface area contributed by atoms with E-state index >= 15 is 0 Å². The summed E-state index contributed by atoms with van der Waals surface area (Å²) in [5.41, 5.74) is 0. The van der Waals surface area contributed by atoms with Crippen LogP contribution in [0.15, 0.2) is 0 Å². The molecule has 0 bridgehead atoms. The van der Waals surface area contributed by atoms with Crippen molar-refractivity contribution in [3.8, 4) is 0 Å². The molecule has 4 heavy (non-hydrogen) atoms. The molecule has 22 valence electrons. The Kier molecular flexibility index (Phi) is 20.9. The fourth-order valence-electron chi connectivity index (χ4n) is 0. The average molecular weight is 108 g/mol. The third-order valence-electron chi connectivity index (χ3n) is 0. The van der Waals surface area contributed by atoms with E-state index in [1.165, 1.54) is 0 Å². The predicted octanol–water partition coefficient (Wildman–Crippen LogP) is 1.23. The Morgan fingerprint density at radius 2 is 1.75 bits per heavy atom. The monoisotopic (exact) mass is 107 g/mol. The smallest absolute Gasteiger partial charge is 0 e. The summed E-state index contributed by atoms with van der Waals surface area (Å²) >= 11 is 0. The summed E-state index contributed by atoms with van der Waals surface area (Å²) in [6.07, 6.45) is 1.00. The average Bonchev–Trinajstić information content (AvgIpc) is 0.918. The predicted molar refractivity (Wildman–Crippen MR) is 15.6 cm³/mol. The molecular weight excluding hydrogens is 101 g/mol. The quantitative estimate of drug-likeness (QED) is 0.323. The van der Waals surface area contributed by atoms with Gasteiger partial charge in [-0.05, 0) is 0 Å². The molecule has 0 aromatic carbocycles. The summed E-state index contributed by atoms with van der Waals surface area (Å²) in [6.45, 7) is 5.50. The number of rotatable bonds is 0. The molecule has 0 N–H and O–H groups in total. The maximum Gasteiger partial charge on any atom is 0 e. The van der Waals surface area contributed by atoms with Crippen molar-refractivity contribution in [1.82, 2.24) is 0 Å². The number of hydrogen-bond donors (Lipinski definition) is 0. The van der Waals surface area contributed by atoms with Crippen LogP contribution in [0.25, 0.3) is 0 Å². The first kappa shape index (κ1) is 8.82. The molecule has 0 aromatic heterocycles. The molecule has 0 fully saturated rings. The fraction of sp³-hybridized carbons (Fsp3) is 0.667. The minimum atomic E-state index is 0. The van der Waals surface area contributed by atoms with Crippen LogP contribution in [-0.2, 0) is 19.5 Å². The Morgan fingerprint density at radius 1 is 1.75 bits per heavy atom. The van der Waals surface area contributed by atoms with Crippen LogP contribution in [0.3, 0.4) is 0 Å². The van der Waals surface area contributed by atoms with Crippen molar-refractivity contribution in [1.29, 1.82) is 0 Å². The molecule has 0 aliphatic carbocycles. The summed E-state index contributed by atoms with van der Waals surface area (Å²) < 4.78 is 0. The van der Waals surface area contributed by atoms with Crippen LogP contribution < -0.4 is 0 Å². The van der Waals surface area contributed by atoms with Crippen molar-refractivity contribution < 1.29 is 19.5 Å². The molecule has 0 aliphatic rings. The van der Waals surface area contributed by atoms with Gasteiger partial charge in [0.1, 0.15) is 0 Å². The molecule has 0 amide bonds. The van der Waals surface area contributed by atoms with Gasteiger partial charge < -0.3 is 6.92 Å². The van der Waals surface area contributed by atoms with E-state index in [1.807, 2.05) is 6.92 Å². The van der Waals surface area contributed by atoms with Crippen LogP contribution in [0.1, 0.15) is 13.3 Å². The summed E-state index contributed by atoms with van der Waals surface area (Å²) in [5.74, 6) is 0. The first-order chi connectivity index (χ1) is 1.41. The van der Waals surface area contributed by atoms with Crippen LogP contribution in [0, 0.1) is 6.92 Å². The van der Waals surface area contributed by atoms with Crippen LogP contribution in [0.2, 0.25) is 0 Å². The van der Waals surface area contributed by atoms with Gasteiger partial charge in [-0.25, -0.2) is 0 Å². The summed E-state index contributed by atoms with van der Waals surface area (Å²) in [5, 5.41) is 0. The molecule has 0 saturated heterocycles. The molecule has 0 heterocycles. The van der Waals surface area contributed by atoms with Crippen molar-refractivity contribution in [2.24, 2.45) is 0 Å². The summed E-state index contributed by atoms with van der Waals surface area (Å²) in [6, 6.07) is 0. The van der Waals surface area contributed by atoms with Gasteiger partial charge in [0, 0.05) is 19.5 Å². The van der Waals surface area contributed by atoms with Gasteiger partial charge in [-0.2, -0.15) is 6.42 Å². The van der Waals surface area contributed by atoms with Crippen LogP contribution in [0.4, 0.5) is 0 Å². The van der Waals surface area contributed by atoms with Gasteiger partial charge in [0.05, 0.1) is 0 Å². The Balaban J connectivity index is 0. The topological polar surface area (TPSA) is 0 Å². The van der Waals surface area contributed by atoms with Gasteiger partial charge in [-0.1, -0.05) is 6.92 Å². The zero-order valence-electron chi connectivity index (χ0n) is 3.12. The second kappa shape index (κ2) is 9.46. The van der Waals surface area contributed by atoms with Crippen LogP contribution in [0.5, 0.6) is 0 Å². The van der Waals surface area contributed by atoms with E-state index < -0.39 is 0 Å². The molecule has 0 saturated carbocycles. The molecule has 0 radical (unpaired) electrons. The molecule has 0 unspecified atom stereocenters. The van der Waals surface area contributed by atoms with Gasteiger partial charge in [0.25, 0.3) is 0 Å². The van der Waals surface area contributed by atoms with Crippen molar-refractivity contribution in [2.75, 3.05) is 0 Å². The Hall–Kier alpha value is 0.623. The molecule has 1 heteroatoms. The van der Waals surface area contributed by atoms with E-state index in [4.69, 9.17) is 0 Å². The summed E-state index contributed by atoms with van der Waals surface area (Å²) in [4.78, 5) is 0. The number of hydrogen-bond acceptors (Lipinski definition) is 0. The van der Waals surface area contributed by atoms with Crippen LogP contribution >= 0.6 is 0 Å². The second-order valence-electron chi connectivity index (χ2n) is 0.500. The van der Waals surface area contributed by atoms with E-state index in [2.05, 4.69) is 6.92 Å². The standard InChI is InChI=1S/C3H7.Zn/c1-3-2;/h1,3H2,2H3;/q-1;. The maximum absolute atomic E-state index is 3.49. The van der Waals surface area contributed by atoms with E-state index in [0.29, 0.717) is 0 Å². The molecule has 0 atom stereocenters. The third-order valence-corrected chi connectivity index (χ3v) is 0. The van der Waals surface area contributed by atoms with E-state index in [0.717, 1.165) is 6.42 Å². The Labute approximate surface area is 40.4 Å². The normalized spacial score (nSPS) is 4.50. The summed E-state index contributed by atoms with van der Waals surface area (Å²) in [7, 11) is 0. The molecule has 0 aromatic rings. The third kappa shape index (κ3) is 17.8. The van der Waals surface area contributed by atoms with Gasteiger partial charge in [-0.15, -0.1) is 0 Å². The van der Waals surface area contributed by atoms with E-state index in [-0.39, 0.29) is 19.5 Å². The van der Waals surface area contributed by atoms with E-state index in [9.17, 15) is 0 Å². The minimum Gasteiger partial charge on any atom is -0.344 e. The first-order valence-electron chi connectivity index (χ1n) is 1.21. The zero-order valence-corrected chi connectivity index (χ0v) is 6.09. The largest absolute Gasteiger partial charge is 0.344 e. The van der Waals surface area contributed by atoms with E-state index in [1.54, 1.807) is 0 Å². The van der Waals surface area contributed by atoms with Gasteiger partial charge in [-0.3, -0.25) is 0 Å². The molecule has 0 nitrogen and oxygen atoms in total. The minimum absolute atomic E-state index is 0. The maximum atomic E-state index is 3.49. The SMILES string of the molecule is [CH2-]CC.[Zn]. The molecule has 0 rings (SSSR count). The van der Waals surface area contributed by atoms with Crippen molar-refractivity contribution in [2.45, 2.75) is 13.3 Å². The Bertz CT molecular complexity index is 3.25. The molecule has 0 aliphatic heterocycles. The van der Waals surface area contributed by atoms with Gasteiger partial charge >= 0.3 is 0 Å². The second-order valence-corrected chi connectivity index (χ2v) is 0.500. The van der Waals surface area contributed by atoms with Gasteiger partial charge in [0.2, 0.25) is 0 Å². The van der Waals surface area contributed by atoms with Crippen LogP contribution in [-0.4, -0.2) is 0 Å². The van der Waals surface area contributed by atoms with Crippen molar-refractivity contribution in [3.05, 3.63) is 6.92 Å². The Morgan fingerprint density at radius 3 is 1.75 bits per heavy atom. The zero-order chi connectivity index (χ0) is 2.71. The van der Waals surface area contributed by atoms with Crippen molar-refractivity contribution >= 4 is 0 Å². The fourth-order valence-corrected chi connectivity index (χ4v) is 0. The molecule has 0 spiro atoms.